The van der Waals surface area contributed by atoms with E-state index in [-0.39, 0.29) is 11.4 Å². The van der Waals surface area contributed by atoms with E-state index in [9.17, 15) is 4.79 Å². The third-order valence-corrected chi connectivity index (χ3v) is 2.83. The molecule has 0 aliphatic rings. The summed E-state index contributed by atoms with van der Waals surface area (Å²) >= 11 is 0. The first-order valence-corrected chi connectivity index (χ1v) is 6.19. The van der Waals surface area contributed by atoms with E-state index in [2.05, 4.69) is 31.0 Å². The second-order valence-electron chi connectivity index (χ2n) is 4.71. The van der Waals surface area contributed by atoms with E-state index in [0.29, 0.717) is 19.5 Å². The van der Waals surface area contributed by atoms with Crippen LogP contribution in [0.4, 0.5) is 0 Å². The summed E-state index contributed by atoms with van der Waals surface area (Å²) < 4.78 is 0. The molecule has 96 valence electrons. The molecule has 0 aliphatic carbocycles. The van der Waals surface area contributed by atoms with Crippen molar-refractivity contribution >= 4 is 5.91 Å². The Labute approximate surface area is 99.6 Å². The van der Waals surface area contributed by atoms with Crippen molar-refractivity contribution in [3.05, 3.63) is 0 Å². The third-order valence-electron chi connectivity index (χ3n) is 2.83. The van der Waals surface area contributed by atoms with Gasteiger partial charge in [-0.05, 0) is 33.7 Å². The van der Waals surface area contributed by atoms with Crippen LogP contribution in [-0.2, 0) is 4.79 Å². The molecule has 0 atom stereocenters. The van der Waals surface area contributed by atoms with Gasteiger partial charge in [-0.3, -0.25) is 9.69 Å². The molecule has 0 saturated heterocycles. The summed E-state index contributed by atoms with van der Waals surface area (Å²) in [4.78, 5) is 13.7. The molecule has 0 bridgehead atoms. The van der Waals surface area contributed by atoms with Crippen molar-refractivity contribution in [1.29, 1.82) is 0 Å². The first-order chi connectivity index (χ1) is 7.47. The molecule has 3 N–H and O–H groups in total. The van der Waals surface area contributed by atoms with Gasteiger partial charge in [0.1, 0.15) is 0 Å². The first-order valence-electron chi connectivity index (χ1n) is 6.19. The average molecular weight is 229 g/mol. The molecule has 0 saturated carbocycles. The summed E-state index contributed by atoms with van der Waals surface area (Å²) in [5, 5.41) is 2.82. The lowest BCUT2D eigenvalue weighted by atomic mass is 10.0. The SMILES string of the molecule is CCCN(CCC(=O)NCC)C(C)(C)CN. The van der Waals surface area contributed by atoms with Crippen molar-refractivity contribution in [3.8, 4) is 0 Å². The zero-order valence-corrected chi connectivity index (χ0v) is 11.2. The molecule has 0 fully saturated rings. The highest BCUT2D eigenvalue weighted by Crippen LogP contribution is 2.13. The van der Waals surface area contributed by atoms with Crippen LogP contribution in [-0.4, -0.2) is 42.5 Å². The summed E-state index contributed by atoms with van der Waals surface area (Å²) in [5.74, 6) is 0.122. The Bertz CT molecular complexity index is 204. The molecule has 0 aliphatic heterocycles. The number of nitrogens with zero attached hydrogens (tertiary/aromatic N) is 1. The van der Waals surface area contributed by atoms with E-state index in [0.717, 1.165) is 19.5 Å². The second kappa shape index (κ2) is 7.63. The summed E-state index contributed by atoms with van der Waals surface area (Å²) in [6, 6.07) is 0. The normalized spacial score (nSPS) is 11.9. The van der Waals surface area contributed by atoms with Crippen molar-refractivity contribution in [2.75, 3.05) is 26.2 Å². The van der Waals surface area contributed by atoms with Gasteiger partial charge in [0.05, 0.1) is 0 Å². The van der Waals surface area contributed by atoms with E-state index < -0.39 is 0 Å². The van der Waals surface area contributed by atoms with Gasteiger partial charge in [-0.2, -0.15) is 0 Å². The molecule has 4 nitrogen and oxygen atoms in total. The van der Waals surface area contributed by atoms with E-state index in [1.54, 1.807) is 0 Å². The molecule has 0 spiro atoms. The Hall–Kier alpha value is -0.610. The molecule has 0 unspecified atom stereocenters. The number of amides is 1. The Morgan fingerprint density at radius 2 is 1.94 bits per heavy atom. The topological polar surface area (TPSA) is 58.4 Å². The maximum atomic E-state index is 11.4. The molecule has 0 rings (SSSR count). The van der Waals surface area contributed by atoms with Crippen LogP contribution >= 0.6 is 0 Å². The Morgan fingerprint density at radius 1 is 1.31 bits per heavy atom. The fourth-order valence-corrected chi connectivity index (χ4v) is 1.64. The Balaban J connectivity index is 4.18. The minimum absolute atomic E-state index is 0.0253. The molecule has 16 heavy (non-hydrogen) atoms. The van der Waals surface area contributed by atoms with Gasteiger partial charge in [-0.25, -0.2) is 0 Å². The minimum Gasteiger partial charge on any atom is -0.356 e. The number of rotatable bonds is 8. The average Bonchev–Trinajstić information content (AvgIpc) is 2.24. The third kappa shape index (κ3) is 5.47. The predicted octanol–water partition coefficient (Wildman–Crippen LogP) is 0.962. The largest absolute Gasteiger partial charge is 0.356 e. The Kier molecular flexibility index (Phi) is 7.34. The fraction of sp³-hybridized carbons (Fsp3) is 0.917. The highest BCUT2D eigenvalue weighted by molar-refractivity contribution is 5.75. The van der Waals surface area contributed by atoms with Crippen LogP contribution in [0.25, 0.3) is 0 Å². The van der Waals surface area contributed by atoms with Crippen LogP contribution in [0.2, 0.25) is 0 Å². The number of nitrogens with one attached hydrogen (secondary N) is 1. The molecule has 1 amide bonds. The lowest BCUT2D eigenvalue weighted by molar-refractivity contribution is -0.121. The molecule has 0 aromatic carbocycles. The van der Waals surface area contributed by atoms with Crippen molar-refractivity contribution in [2.24, 2.45) is 5.73 Å². The lowest BCUT2D eigenvalue weighted by Crippen LogP contribution is -2.50. The maximum absolute atomic E-state index is 11.4. The van der Waals surface area contributed by atoms with Crippen molar-refractivity contribution in [3.63, 3.8) is 0 Å². The summed E-state index contributed by atoms with van der Waals surface area (Å²) in [6.07, 6.45) is 1.64. The van der Waals surface area contributed by atoms with Crippen LogP contribution in [0.1, 0.15) is 40.5 Å². The molecular weight excluding hydrogens is 202 g/mol. The smallest absolute Gasteiger partial charge is 0.221 e. The predicted molar refractivity (Wildman–Crippen MR) is 68.3 cm³/mol. The number of hydrogen-bond donors (Lipinski definition) is 2. The number of carbonyl (C=O) groups excluding carboxylic acids is 1. The van der Waals surface area contributed by atoms with Crippen LogP contribution in [0.3, 0.4) is 0 Å². The van der Waals surface area contributed by atoms with Crippen molar-refractivity contribution in [1.82, 2.24) is 10.2 Å². The van der Waals surface area contributed by atoms with Crippen LogP contribution < -0.4 is 11.1 Å². The molecule has 0 aromatic heterocycles. The van der Waals surface area contributed by atoms with E-state index in [1.807, 2.05) is 6.92 Å². The van der Waals surface area contributed by atoms with Crippen LogP contribution in [0, 0.1) is 0 Å². The van der Waals surface area contributed by atoms with Gasteiger partial charge < -0.3 is 11.1 Å². The Morgan fingerprint density at radius 3 is 2.38 bits per heavy atom. The van der Waals surface area contributed by atoms with E-state index >= 15 is 0 Å². The van der Waals surface area contributed by atoms with Crippen LogP contribution in [0.5, 0.6) is 0 Å². The zero-order chi connectivity index (χ0) is 12.6. The summed E-state index contributed by atoms with van der Waals surface area (Å²) in [6.45, 7) is 11.4. The zero-order valence-electron chi connectivity index (χ0n) is 11.2. The van der Waals surface area contributed by atoms with Gasteiger partial charge in [0, 0.05) is 31.6 Å². The summed E-state index contributed by atoms with van der Waals surface area (Å²) in [7, 11) is 0. The van der Waals surface area contributed by atoms with Gasteiger partial charge in [-0.1, -0.05) is 6.92 Å². The highest BCUT2D eigenvalue weighted by Gasteiger charge is 2.24. The van der Waals surface area contributed by atoms with Crippen LogP contribution in [0.15, 0.2) is 0 Å². The monoisotopic (exact) mass is 229 g/mol. The standard InChI is InChI=1S/C12H27N3O/c1-5-8-15(12(3,4)10-13)9-7-11(16)14-6-2/h5-10,13H2,1-4H3,(H,14,16). The highest BCUT2D eigenvalue weighted by atomic mass is 16.1. The number of hydrogen-bond acceptors (Lipinski definition) is 3. The molecule has 4 heteroatoms. The second-order valence-corrected chi connectivity index (χ2v) is 4.71. The number of nitrogens with two attached hydrogens (primary N) is 1. The minimum atomic E-state index is -0.0253. The van der Waals surface area contributed by atoms with E-state index in [1.165, 1.54) is 0 Å². The van der Waals surface area contributed by atoms with E-state index in [4.69, 9.17) is 5.73 Å². The quantitative estimate of drug-likeness (QED) is 0.652. The lowest BCUT2D eigenvalue weighted by Gasteiger charge is -2.37. The molecule has 0 aromatic rings. The maximum Gasteiger partial charge on any atom is 0.221 e. The van der Waals surface area contributed by atoms with Gasteiger partial charge in [0.2, 0.25) is 5.91 Å². The molecule has 0 radical (unpaired) electrons. The first kappa shape index (κ1) is 15.4. The molecule has 0 heterocycles. The summed E-state index contributed by atoms with van der Waals surface area (Å²) in [5.41, 5.74) is 5.74. The van der Waals surface area contributed by atoms with Gasteiger partial charge >= 0.3 is 0 Å². The number of carbonyl (C=O) groups is 1. The fourth-order valence-electron chi connectivity index (χ4n) is 1.64. The van der Waals surface area contributed by atoms with Gasteiger partial charge in [0.15, 0.2) is 0 Å². The van der Waals surface area contributed by atoms with Gasteiger partial charge in [-0.15, -0.1) is 0 Å². The van der Waals surface area contributed by atoms with Gasteiger partial charge in [0.25, 0.3) is 0 Å². The molecular formula is C12H27N3O. The van der Waals surface area contributed by atoms with Crippen molar-refractivity contribution < 1.29 is 4.79 Å². The van der Waals surface area contributed by atoms with Crippen molar-refractivity contribution in [2.45, 2.75) is 46.1 Å².